The van der Waals surface area contributed by atoms with E-state index in [-0.39, 0.29) is 12.5 Å². The van der Waals surface area contributed by atoms with Gasteiger partial charge in [0.05, 0.1) is 5.69 Å². The van der Waals surface area contributed by atoms with E-state index < -0.39 is 11.5 Å². The van der Waals surface area contributed by atoms with E-state index in [2.05, 4.69) is 5.32 Å². The molecule has 1 atom stereocenters. The van der Waals surface area contributed by atoms with E-state index in [1.165, 1.54) is 4.90 Å². The Morgan fingerprint density at radius 3 is 2.60 bits per heavy atom. The number of rotatable bonds is 4. The highest BCUT2D eigenvalue weighted by Crippen LogP contribution is 2.44. The first-order valence-electron chi connectivity index (χ1n) is 9.57. The van der Waals surface area contributed by atoms with Crippen molar-refractivity contribution < 1.29 is 14.7 Å². The molecule has 2 N–H and O–H groups in total. The average molecular weight is 421 g/mol. The lowest BCUT2D eigenvalue weighted by atomic mass is 9.87. The fraction of sp³-hybridized carbons (Fsp3) is 0.167. The summed E-state index contributed by atoms with van der Waals surface area (Å²) >= 11 is 6.03. The maximum atomic E-state index is 13.4. The monoisotopic (exact) mass is 420 g/mol. The van der Waals surface area contributed by atoms with E-state index in [0.29, 0.717) is 27.5 Å². The van der Waals surface area contributed by atoms with Crippen molar-refractivity contribution in [1.29, 1.82) is 0 Å². The number of nitrogens with zero attached hydrogens (tertiary/aromatic N) is 1. The van der Waals surface area contributed by atoms with Crippen LogP contribution >= 0.6 is 11.6 Å². The first kappa shape index (κ1) is 20.1. The summed E-state index contributed by atoms with van der Waals surface area (Å²) in [5.74, 6) is -0.927. The van der Waals surface area contributed by atoms with Crippen molar-refractivity contribution in [3.63, 3.8) is 0 Å². The van der Waals surface area contributed by atoms with Crippen LogP contribution in [0, 0.1) is 13.8 Å². The zero-order valence-electron chi connectivity index (χ0n) is 16.6. The van der Waals surface area contributed by atoms with Crippen LogP contribution in [-0.4, -0.2) is 23.5 Å². The molecular formula is C24H21ClN2O3. The van der Waals surface area contributed by atoms with E-state index >= 15 is 0 Å². The van der Waals surface area contributed by atoms with Gasteiger partial charge in [-0.3, -0.25) is 14.5 Å². The molecule has 0 fully saturated rings. The number of amides is 2. The number of carbonyl (C=O) groups is 2. The standard InChI is InChI=1S/C24H21ClN2O3/c1-15-6-5-7-17(12-15)24(30)19-8-3-4-9-21(19)27(23(24)29)14-22(28)26-20-13-18(25)11-10-16(20)2/h3-13,30H,14H2,1-2H3,(H,26,28)/t24-/m1/s1. The van der Waals surface area contributed by atoms with Gasteiger partial charge in [0.25, 0.3) is 5.91 Å². The van der Waals surface area contributed by atoms with Gasteiger partial charge in [0.2, 0.25) is 5.91 Å². The molecule has 1 heterocycles. The van der Waals surface area contributed by atoms with Crippen molar-refractivity contribution >= 4 is 34.8 Å². The number of hydrogen-bond acceptors (Lipinski definition) is 3. The largest absolute Gasteiger partial charge is 0.372 e. The van der Waals surface area contributed by atoms with Crippen LogP contribution in [0.3, 0.4) is 0 Å². The Hall–Kier alpha value is -3.15. The molecule has 0 saturated carbocycles. The first-order valence-corrected chi connectivity index (χ1v) is 9.95. The summed E-state index contributed by atoms with van der Waals surface area (Å²) in [5.41, 5.74) is 2.00. The predicted molar refractivity (Wildman–Crippen MR) is 118 cm³/mol. The summed E-state index contributed by atoms with van der Waals surface area (Å²) < 4.78 is 0. The third-order valence-corrected chi connectivity index (χ3v) is 5.59. The molecule has 6 heteroatoms. The predicted octanol–water partition coefficient (Wildman–Crippen LogP) is 4.18. The molecule has 1 aliphatic heterocycles. The van der Waals surface area contributed by atoms with Crippen LogP contribution in [0.4, 0.5) is 11.4 Å². The fourth-order valence-corrected chi connectivity index (χ4v) is 3.98. The minimum atomic E-state index is -1.84. The second-order valence-corrected chi connectivity index (χ2v) is 7.93. The number of fused-ring (bicyclic) bond motifs is 1. The fourth-order valence-electron chi connectivity index (χ4n) is 3.80. The third-order valence-electron chi connectivity index (χ3n) is 5.35. The number of aryl methyl sites for hydroxylation is 2. The summed E-state index contributed by atoms with van der Waals surface area (Å²) in [6.07, 6.45) is 0. The molecule has 0 aliphatic carbocycles. The lowest BCUT2D eigenvalue weighted by molar-refractivity contribution is -0.133. The minimum absolute atomic E-state index is 0.226. The van der Waals surface area contributed by atoms with Crippen LogP contribution in [0.2, 0.25) is 5.02 Å². The quantitative estimate of drug-likeness (QED) is 0.665. The van der Waals surface area contributed by atoms with Crippen molar-refractivity contribution in [2.24, 2.45) is 0 Å². The molecule has 0 saturated heterocycles. The number of hydrogen-bond donors (Lipinski definition) is 2. The van der Waals surface area contributed by atoms with Crippen molar-refractivity contribution in [3.05, 3.63) is 94.0 Å². The Morgan fingerprint density at radius 2 is 1.83 bits per heavy atom. The van der Waals surface area contributed by atoms with Gasteiger partial charge < -0.3 is 10.4 Å². The summed E-state index contributed by atoms with van der Waals surface area (Å²) in [6, 6.07) is 19.4. The molecule has 30 heavy (non-hydrogen) atoms. The molecule has 0 unspecified atom stereocenters. The van der Waals surface area contributed by atoms with Gasteiger partial charge in [0.1, 0.15) is 6.54 Å². The van der Waals surface area contributed by atoms with E-state index in [1.807, 2.05) is 26.0 Å². The molecule has 2 amide bonds. The van der Waals surface area contributed by atoms with Crippen LogP contribution < -0.4 is 10.2 Å². The van der Waals surface area contributed by atoms with Gasteiger partial charge in [-0.1, -0.05) is 65.7 Å². The van der Waals surface area contributed by atoms with Crippen molar-refractivity contribution in [2.75, 3.05) is 16.8 Å². The molecule has 152 valence electrons. The maximum absolute atomic E-state index is 13.4. The Kier molecular flexibility index (Phi) is 5.10. The molecule has 3 aromatic carbocycles. The van der Waals surface area contributed by atoms with Crippen LogP contribution in [0.25, 0.3) is 0 Å². The number of halogens is 1. The van der Waals surface area contributed by atoms with Crippen LogP contribution in [0.1, 0.15) is 22.3 Å². The molecule has 0 bridgehead atoms. The number of para-hydroxylation sites is 1. The van der Waals surface area contributed by atoms with Crippen LogP contribution in [0.15, 0.2) is 66.7 Å². The molecule has 0 radical (unpaired) electrons. The van der Waals surface area contributed by atoms with Crippen LogP contribution in [-0.2, 0) is 15.2 Å². The minimum Gasteiger partial charge on any atom is -0.372 e. The van der Waals surface area contributed by atoms with Crippen LogP contribution in [0.5, 0.6) is 0 Å². The molecule has 0 spiro atoms. The number of aliphatic hydroxyl groups is 1. The van der Waals surface area contributed by atoms with Gasteiger partial charge in [0, 0.05) is 16.3 Å². The number of benzene rings is 3. The summed E-state index contributed by atoms with van der Waals surface area (Å²) in [6.45, 7) is 3.53. The van der Waals surface area contributed by atoms with Gasteiger partial charge in [0.15, 0.2) is 5.60 Å². The van der Waals surface area contributed by atoms with E-state index in [0.717, 1.165) is 11.1 Å². The highest BCUT2D eigenvalue weighted by atomic mass is 35.5. The Morgan fingerprint density at radius 1 is 1.07 bits per heavy atom. The Bertz CT molecular complexity index is 1160. The topological polar surface area (TPSA) is 69.6 Å². The zero-order chi connectivity index (χ0) is 21.5. The molecule has 3 aromatic rings. The van der Waals surface area contributed by atoms with Gasteiger partial charge in [-0.15, -0.1) is 0 Å². The number of nitrogens with one attached hydrogen (secondary N) is 1. The van der Waals surface area contributed by atoms with Gasteiger partial charge in [-0.05, 0) is 43.2 Å². The lowest BCUT2D eigenvalue weighted by Gasteiger charge is -2.24. The summed E-state index contributed by atoms with van der Waals surface area (Å²) in [7, 11) is 0. The first-order chi connectivity index (χ1) is 14.3. The normalized spacial score (nSPS) is 17.7. The van der Waals surface area contributed by atoms with E-state index in [4.69, 9.17) is 11.6 Å². The Balaban J connectivity index is 1.67. The van der Waals surface area contributed by atoms with E-state index in [1.54, 1.807) is 54.6 Å². The van der Waals surface area contributed by atoms with Gasteiger partial charge >= 0.3 is 0 Å². The number of anilines is 2. The zero-order valence-corrected chi connectivity index (χ0v) is 17.4. The highest BCUT2D eigenvalue weighted by Gasteiger charge is 2.51. The lowest BCUT2D eigenvalue weighted by Crippen LogP contribution is -2.44. The average Bonchev–Trinajstić information content (AvgIpc) is 2.94. The molecule has 4 rings (SSSR count). The molecule has 0 aromatic heterocycles. The highest BCUT2D eigenvalue weighted by molar-refractivity contribution is 6.31. The summed E-state index contributed by atoms with van der Waals surface area (Å²) in [4.78, 5) is 27.5. The van der Waals surface area contributed by atoms with E-state index in [9.17, 15) is 14.7 Å². The van der Waals surface area contributed by atoms with Crippen molar-refractivity contribution in [1.82, 2.24) is 0 Å². The molecule has 5 nitrogen and oxygen atoms in total. The molecule has 1 aliphatic rings. The maximum Gasteiger partial charge on any atom is 0.268 e. The second kappa shape index (κ2) is 7.59. The van der Waals surface area contributed by atoms with Gasteiger partial charge in [-0.2, -0.15) is 0 Å². The SMILES string of the molecule is Cc1cccc([C@]2(O)C(=O)N(CC(=O)Nc3cc(Cl)ccc3C)c3ccccc32)c1. The summed E-state index contributed by atoms with van der Waals surface area (Å²) in [5, 5.41) is 14.8. The molecular weight excluding hydrogens is 400 g/mol. The smallest absolute Gasteiger partial charge is 0.268 e. The number of carbonyl (C=O) groups excluding carboxylic acids is 2. The Labute approximate surface area is 179 Å². The second-order valence-electron chi connectivity index (χ2n) is 7.50. The third kappa shape index (κ3) is 3.36. The van der Waals surface area contributed by atoms with Crippen molar-refractivity contribution in [3.8, 4) is 0 Å². The van der Waals surface area contributed by atoms with Crippen molar-refractivity contribution in [2.45, 2.75) is 19.4 Å². The van der Waals surface area contributed by atoms with Gasteiger partial charge in [-0.25, -0.2) is 0 Å².